The zero-order chi connectivity index (χ0) is 13.0. The van der Waals surface area contributed by atoms with Crippen molar-refractivity contribution < 1.29 is 9.47 Å². The Bertz CT molecular complexity index is 388. The van der Waals surface area contributed by atoms with Crippen LogP contribution >= 0.6 is 0 Å². The minimum Gasteiger partial charge on any atom is -0.493 e. The van der Waals surface area contributed by atoms with Crippen molar-refractivity contribution in [3.8, 4) is 11.5 Å². The normalized spacial score (nSPS) is 17.1. The van der Waals surface area contributed by atoms with Crippen molar-refractivity contribution in [3.05, 3.63) is 23.8 Å². The average Bonchev–Trinajstić information content (AvgIpc) is 2.36. The second kappa shape index (κ2) is 6.10. The third-order valence-corrected chi connectivity index (χ3v) is 3.82. The van der Waals surface area contributed by atoms with Crippen LogP contribution in [0.1, 0.15) is 37.8 Å². The van der Waals surface area contributed by atoms with Gasteiger partial charge in [0.2, 0.25) is 0 Å². The molecule has 0 radical (unpaired) electrons. The molecule has 1 fully saturated rings. The van der Waals surface area contributed by atoms with Crippen molar-refractivity contribution in [1.29, 1.82) is 0 Å². The van der Waals surface area contributed by atoms with Crippen LogP contribution in [-0.4, -0.2) is 20.8 Å². The second-order valence-corrected chi connectivity index (χ2v) is 5.03. The van der Waals surface area contributed by atoms with Crippen molar-refractivity contribution in [3.63, 3.8) is 0 Å². The van der Waals surface area contributed by atoms with Crippen LogP contribution in [0.4, 0.5) is 0 Å². The molecule has 0 saturated heterocycles. The maximum Gasteiger partial charge on any atom is 0.161 e. The van der Waals surface area contributed by atoms with Crippen molar-refractivity contribution in [2.75, 3.05) is 20.8 Å². The number of benzene rings is 1. The third kappa shape index (κ3) is 2.96. The monoisotopic (exact) mass is 249 g/mol. The van der Waals surface area contributed by atoms with Crippen LogP contribution < -0.4 is 14.8 Å². The highest BCUT2D eigenvalue weighted by Crippen LogP contribution is 2.32. The number of hydrogen-bond donors (Lipinski definition) is 1. The molecule has 1 aromatic carbocycles. The summed E-state index contributed by atoms with van der Waals surface area (Å²) in [5, 5.41) is 3.22. The summed E-state index contributed by atoms with van der Waals surface area (Å²) in [4.78, 5) is 0. The molecule has 1 N–H and O–H groups in total. The lowest BCUT2D eigenvalue weighted by Crippen LogP contribution is -2.19. The molecule has 0 aliphatic heterocycles. The van der Waals surface area contributed by atoms with Gasteiger partial charge >= 0.3 is 0 Å². The van der Waals surface area contributed by atoms with Crippen LogP contribution in [-0.2, 0) is 0 Å². The van der Waals surface area contributed by atoms with E-state index in [1.54, 1.807) is 7.11 Å². The van der Waals surface area contributed by atoms with Gasteiger partial charge in [-0.3, -0.25) is 0 Å². The van der Waals surface area contributed by atoms with Crippen LogP contribution in [0.5, 0.6) is 11.5 Å². The maximum absolute atomic E-state index is 5.85. The molecular weight excluding hydrogens is 226 g/mol. The van der Waals surface area contributed by atoms with Gasteiger partial charge in [0.1, 0.15) is 0 Å². The molecule has 100 valence electrons. The quantitative estimate of drug-likeness (QED) is 0.840. The lowest BCUT2D eigenvalue weighted by molar-refractivity contribution is 0.176. The highest BCUT2D eigenvalue weighted by molar-refractivity contribution is 5.43. The Kier molecular flexibility index (Phi) is 4.48. The van der Waals surface area contributed by atoms with Crippen molar-refractivity contribution >= 4 is 0 Å². The Morgan fingerprint density at radius 2 is 2.11 bits per heavy atom. The van der Waals surface area contributed by atoms with Gasteiger partial charge in [-0.2, -0.15) is 0 Å². The number of rotatable bonds is 6. The van der Waals surface area contributed by atoms with Crippen LogP contribution in [0, 0.1) is 5.92 Å². The first-order valence-corrected chi connectivity index (χ1v) is 6.72. The van der Waals surface area contributed by atoms with Crippen molar-refractivity contribution in [2.45, 2.75) is 32.2 Å². The van der Waals surface area contributed by atoms with E-state index < -0.39 is 0 Å². The van der Waals surface area contributed by atoms with Crippen LogP contribution in [0.3, 0.4) is 0 Å². The number of nitrogens with one attached hydrogen (secondary N) is 1. The van der Waals surface area contributed by atoms with E-state index in [0.29, 0.717) is 6.04 Å². The Hall–Kier alpha value is -1.22. The molecule has 2 rings (SSSR count). The molecule has 1 aromatic rings. The number of methoxy groups -OCH3 is 1. The Morgan fingerprint density at radius 3 is 2.67 bits per heavy atom. The fourth-order valence-electron chi connectivity index (χ4n) is 2.11. The zero-order valence-corrected chi connectivity index (χ0v) is 11.5. The Labute approximate surface area is 109 Å². The van der Waals surface area contributed by atoms with Crippen LogP contribution in [0.15, 0.2) is 18.2 Å². The number of hydrogen-bond acceptors (Lipinski definition) is 3. The standard InChI is InChI=1S/C15H23NO2/c1-11(16-2)13-7-8-14(15(9-13)17-3)18-10-12-5-4-6-12/h7-9,11-12,16H,4-6,10H2,1-3H3. The van der Waals surface area contributed by atoms with Crippen molar-refractivity contribution in [1.82, 2.24) is 5.32 Å². The molecular formula is C15H23NO2. The van der Waals surface area contributed by atoms with Gasteiger partial charge in [0.25, 0.3) is 0 Å². The second-order valence-electron chi connectivity index (χ2n) is 5.03. The summed E-state index contributed by atoms with van der Waals surface area (Å²) in [5.74, 6) is 2.43. The molecule has 0 spiro atoms. The highest BCUT2D eigenvalue weighted by atomic mass is 16.5. The summed E-state index contributed by atoms with van der Waals surface area (Å²) in [6, 6.07) is 6.48. The lowest BCUT2D eigenvalue weighted by Gasteiger charge is -2.25. The average molecular weight is 249 g/mol. The lowest BCUT2D eigenvalue weighted by atomic mass is 9.86. The Balaban J connectivity index is 2.04. The van der Waals surface area contributed by atoms with Crippen LogP contribution in [0.25, 0.3) is 0 Å². The van der Waals surface area contributed by atoms with Crippen molar-refractivity contribution in [2.24, 2.45) is 5.92 Å². The molecule has 1 unspecified atom stereocenters. The molecule has 0 amide bonds. The smallest absolute Gasteiger partial charge is 0.161 e. The first kappa shape index (κ1) is 13.2. The number of ether oxygens (including phenoxy) is 2. The largest absolute Gasteiger partial charge is 0.493 e. The third-order valence-electron chi connectivity index (χ3n) is 3.82. The SMILES string of the molecule is CNC(C)c1ccc(OCC2CCC2)c(OC)c1. The summed E-state index contributed by atoms with van der Waals surface area (Å²) < 4.78 is 11.3. The van der Waals surface area contributed by atoms with Gasteiger partial charge < -0.3 is 14.8 Å². The van der Waals surface area contributed by atoms with Gasteiger partial charge in [0.05, 0.1) is 13.7 Å². The summed E-state index contributed by atoms with van der Waals surface area (Å²) in [5.41, 5.74) is 1.21. The predicted molar refractivity (Wildman–Crippen MR) is 73.3 cm³/mol. The van der Waals surface area contributed by atoms with E-state index in [-0.39, 0.29) is 0 Å². The molecule has 0 heterocycles. The van der Waals surface area contributed by atoms with E-state index in [4.69, 9.17) is 9.47 Å². The van der Waals surface area contributed by atoms with E-state index >= 15 is 0 Å². The predicted octanol–water partition coefficient (Wildman–Crippen LogP) is 3.15. The summed E-state index contributed by atoms with van der Waals surface area (Å²) >= 11 is 0. The van der Waals surface area contributed by atoms with Gasteiger partial charge in [-0.1, -0.05) is 12.5 Å². The Morgan fingerprint density at radius 1 is 1.33 bits per heavy atom. The first-order chi connectivity index (χ1) is 8.74. The molecule has 3 nitrogen and oxygen atoms in total. The van der Waals surface area contributed by atoms with Gasteiger partial charge in [0.15, 0.2) is 11.5 Å². The van der Waals surface area contributed by atoms with Gasteiger partial charge in [-0.15, -0.1) is 0 Å². The van der Waals surface area contributed by atoms with Gasteiger partial charge in [-0.05, 0) is 50.4 Å². The minimum absolute atomic E-state index is 0.319. The van der Waals surface area contributed by atoms with E-state index in [1.165, 1.54) is 24.8 Å². The fraction of sp³-hybridized carbons (Fsp3) is 0.600. The molecule has 1 aliphatic rings. The van der Waals surface area contributed by atoms with Gasteiger partial charge in [-0.25, -0.2) is 0 Å². The maximum atomic E-state index is 5.85. The molecule has 1 saturated carbocycles. The molecule has 0 aromatic heterocycles. The topological polar surface area (TPSA) is 30.5 Å². The summed E-state index contributed by atoms with van der Waals surface area (Å²) in [7, 11) is 3.65. The fourth-order valence-corrected chi connectivity index (χ4v) is 2.11. The molecule has 1 aliphatic carbocycles. The first-order valence-electron chi connectivity index (χ1n) is 6.72. The van der Waals surface area contributed by atoms with E-state index in [1.807, 2.05) is 13.1 Å². The van der Waals surface area contributed by atoms with Crippen LogP contribution in [0.2, 0.25) is 0 Å². The molecule has 3 heteroatoms. The zero-order valence-electron chi connectivity index (χ0n) is 11.5. The van der Waals surface area contributed by atoms with E-state index in [2.05, 4.69) is 24.4 Å². The highest BCUT2D eigenvalue weighted by Gasteiger charge is 2.19. The minimum atomic E-state index is 0.319. The van der Waals surface area contributed by atoms with E-state index in [0.717, 1.165) is 24.0 Å². The molecule has 0 bridgehead atoms. The molecule has 1 atom stereocenters. The van der Waals surface area contributed by atoms with E-state index in [9.17, 15) is 0 Å². The summed E-state index contributed by atoms with van der Waals surface area (Å²) in [6.45, 7) is 2.95. The van der Waals surface area contributed by atoms with Gasteiger partial charge in [0, 0.05) is 6.04 Å². The molecule has 18 heavy (non-hydrogen) atoms. The summed E-state index contributed by atoms with van der Waals surface area (Å²) in [6.07, 6.45) is 3.96.